The molecule has 1 aromatic heterocycles. The van der Waals surface area contributed by atoms with Gasteiger partial charge in [-0.1, -0.05) is 26.0 Å². The highest BCUT2D eigenvalue weighted by Gasteiger charge is 2.25. The Hall–Kier alpha value is -2.93. The van der Waals surface area contributed by atoms with Crippen LogP contribution in [-0.2, 0) is 14.3 Å². The van der Waals surface area contributed by atoms with E-state index in [1.807, 2.05) is 17.5 Å². The molecule has 0 amide bonds. The van der Waals surface area contributed by atoms with Crippen molar-refractivity contribution in [2.75, 3.05) is 7.11 Å². The number of ether oxygens (including phenoxy) is 3. The molecule has 0 saturated carbocycles. The minimum Gasteiger partial charge on any atom is -0.493 e. The molecular formula is C19H17NO5S. The monoisotopic (exact) mass is 371 g/mol. The van der Waals surface area contributed by atoms with Crippen molar-refractivity contribution in [3.63, 3.8) is 0 Å². The predicted octanol–water partition coefficient (Wildman–Crippen LogP) is 3.66. The van der Waals surface area contributed by atoms with Crippen LogP contribution in [0, 0.1) is 5.92 Å². The predicted molar refractivity (Wildman–Crippen MR) is 98.4 cm³/mol. The van der Waals surface area contributed by atoms with Gasteiger partial charge in [-0.15, -0.1) is 11.3 Å². The molecule has 2 heterocycles. The summed E-state index contributed by atoms with van der Waals surface area (Å²) in [5.74, 6) is -0.163. The van der Waals surface area contributed by atoms with Gasteiger partial charge in [0.25, 0.3) is 0 Å². The maximum absolute atomic E-state index is 12.0. The first-order valence-corrected chi connectivity index (χ1v) is 8.82. The summed E-state index contributed by atoms with van der Waals surface area (Å²) >= 11 is 1.44. The van der Waals surface area contributed by atoms with Crippen LogP contribution >= 0.6 is 11.3 Å². The molecule has 134 valence electrons. The lowest BCUT2D eigenvalue weighted by molar-refractivity contribution is -0.137. The topological polar surface area (TPSA) is 74.2 Å². The van der Waals surface area contributed by atoms with Gasteiger partial charge in [-0.05, 0) is 35.2 Å². The van der Waals surface area contributed by atoms with Gasteiger partial charge < -0.3 is 14.2 Å². The molecule has 7 heteroatoms. The molecule has 1 aliphatic rings. The van der Waals surface area contributed by atoms with E-state index in [0.29, 0.717) is 11.3 Å². The van der Waals surface area contributed by atoms with Crippen LogP contribution in [0.4, 0.5) is 0 Å². The van der Waals surface area contributed by atoms with Crippen LogP contribution in [0.2, 0.25) is 0 Å². The molecule has 0 spiro atoms. The number of nitrogens with zero attached hydrogens (tertiary/aromatic N) is 1. The molecule has 0 atom stereocenters. The molecule has 0 fully saturated rings. The fraction of sp³-hybridized carbons (Fsp3) is 0.211. The number of cyclic esters (lactones) is 1. The van der Waals surface area contributed by atoms with Gasteiger partial charge in [-0.25, -0.2) is 9.79 Å². The van der Waals surface area contributed by atoms with Crippen LogP contribution in [0.15, 0.2) is 46.4 Å². The minimum absolute atomic E-state index is 0.180. The summed E-state index contributed by atoms with van der Waals surface area (Å²) in [5.41, 5.74) is 0.820. The van der Waals surface area contributed by atoms with Crippen LogP contribution in [0.25, 0.3) is 6.08 Å². The van der Waals surface area contributed by atoms with Crippen molar-refractivity contribution < 1.29 is 23.8 Å². The lowest BCUT2D eigenvalue weighted by Gasteiger charge is -2.11. The summed E-state index contributed by atoms with van der Waals surface area (Å²) in [5, 5.41) is 1.88. The Morgan fingerprint density at radius 2 is 2.08 bits per heavy atom. The number of hydrogen-bond donors (Lipinski definition) is 0. The summed E-state index contributed by atoms with van der Waals surface area (Å²) in [4.78, 5) is 28.9. The molecule has 6 nitrogen and oxygen atoms in total. The second kappa shape index (κ2) is 7.53. The van der Waals surface area contributed by atoms with E-state index in [4.69, 9.17) is 14.2 Å². The van der Waals surface area contributed by atoms with Crippen LogP contribution < -0.4 is 9.47 Å². The molecule has 0 aliphatic carbocycles. The summed E-state index contributed by atoms with van der Waals surface area (Å²) < 4.78 is 15.8. The van der Waals surface area contributed by atoms with E-state index in [9.17, 15) is 9.59 Å². The van der Waals surface area contributed by atoms with Crippen LogP contribution in [-0.4, -0.2) is 24.9 Å². The van der Waals surface area contributed by atoms with E-state index in [-0.39, 0.29) is 29.2 Å². The van der Waals surface area contributed by atoms with Gasteiger partial charge in [-0.2, -0.15) is 0 Å². The number of rotatable bonds is 5. The maximum atomic E-state index is 12.0. The molecule has 0 N–H and O–H groups in total. The van der Waals surface area contributed by atoms with Gasteiger partial charge in [0.05, 0.1) is 17.9 Å². The van der Waals surface area contributed by atoms with Crippen LogP contribution in [0.3, 0.4) is 0 Å². The molecule has 1 aromatic carbocycles. The number of methoxy groups -OCH3 is 1. The van der Waals surface area contributed by atoms with Crippen LogP contribution in [0.5, 0.6) is 11.5 Å². The van der Waals surface area contributed by atoms with Gasteiger partial charge >= 0.3 is 11.9 Å². The van der Waals surface area contributed by atoms with E-state index in [1.54, 1.807) is 38.1 Å². The summed E-state index contributed by atoms with van der Waals surface area (Å²) in [6, 6.07) is 8.72. The number of esters is 2. The average Bonchev–Trinajstić information content (AvgIpc) is 3.25. The average molecular weight is 371 g/mol. The second-order valence-electron chi connectivity index (χ2n) is 5.80. The SMILES string of the molecule is COc1ccc(/C=C2/N=C(c3cccs3)OC2=O)cc1OC(=O)C(C)C. The molecule has 26 heavy (non-hydrogen) atoms. The summed E-state index contributed by atoms with van der Waals surface area (Å²) in [6.45, 7) is 3.49. The Bertz CT molecular complexity index is 897. The largest absolute Gasteiger partial charge is 0.493 e. The lowest BCUT2D eigenvalue weighted by Crippen LogP contribution is -2.15. The number of thiophene rings is 1. The third kappa shape index (κ3) is 3.83. The Balaban J connectivity index is 1.90. The van der Waals surface area contributed by atoms with Crippen molar-refractivity contribution in [3.8, 4) is 11.5 Å². The normalized spacial score (nSPS) is 15.2. The zero-order valence-corrected chi connectivity index (χ0v) is 15.3. The van der Waals surface area contributed by atoms with E-state index in [1.165, 1.54) is 18.4 Å². The zero-order valence-electron chi connectivity index (χ0n) is 14.5. The van der Waals surface area contributed by atoms with Crippen LogP contribution in [0.1, 0.15) is 24.3 Å². The maximum Gasteiger partial charge on any atom is 0.363 e. The lowest BCUT2D eigenvalue weighted by atomic mass is 10.1. The fourth-order valence-corrected chi connectivity index (χ4v) is 2.81. The van der Waals surface area contributed by atoms with Crippen molar-refractivity contribution in [3.05, 3.63) is 51.8 Å². The number of aliphatic imine (C=N–C) groups is 1. The number of carbonyl (C=O) groups is 2. The molecule has 2 aromatic rings. The van der Waals surface area contributed by atoms with Gasteiger partial charge in [0.15, 0.2) is 17.2 Å². The number of hydrogen-bond acceptors (Lipinski definition) is 7. The van der Waals surface area contributed by atoms with E-state index in [2.05, 4.69) is 4.99 Å². The fourth-order valence-electron chi connectivity index (χ4n) is 2.16. The summed E-state index contributed by atoms with van der Waals surface area (Å²) in [6.07, 6.45) is 1.58. The Morgan fingerprint density at radius 3 is 2.73 bits per heavy atom. The zero-order chi connectivity index (χ0) is 18.7. The molecule has 0 bridgehead atoms. The van der Waals surface area contributed by atoms with Gasteiger partial charge in [-0.3, -0.25) is 4.79 Å². The Morgan fingerprint density at radius 1 is 1.27 bits per heavy atom. The van der Waals surface area contributed by atoms with Crippen molar-refractivity contribution in [2.24, 2.45) is 10.9 Å². The smallest absolute Gasteiger partial charge is 0.363 e. The molecule has 0 radical (unpaired) electrons. The molecule has 1 aliphatic heterocycles. The highest BCUT2D eigenvalue weighted by Crippen LogP contribution is 2.30. The number of carbonyl (C=O) groups excluding carboxylic acids is 2. The highest BCUT2D eigenvalue weighted by atomic mass is 32.1. The highest BCUT2D eigenvalue weighted by molar-refractivity contribution is 7.12. The Kier molecular flexibility index (Phi) is 5.18. The van der Waals surface area contributed by atoms with Gasteiger partial charge in [0.1, 0.15) is 0 Å². The molecule has 0 saturated heterocycles. The first-order valence-electron chi connectivity index (χ1n) is 7.94. The molecular weight excluding hydrogens is 354 g/mol. The van der Waals surface area contributed by atoms with E-state index < -0.39 is 5.97 Å². The second-order valence-corrected chi connectivity index (χ2v) is 6.75. The van der Waals surface area contributed by atoms with E-state index in [0.717, 1.165) is 4.88 Å². The van der Waals surface area contributed by atoms with E-state index >= 15 is 0 Å². The van der Waals surface area contributed by atoms with Crippen molar-refractivity contribution >= 4 is 35.2 Å². The first-order chi connectivity index (χ1) is 12.5. The third-order valence-electron chi connectivity index (χ3n) is 3.53. The molecule has 0 unspecified atom stereocenters. The van der Waals surface area contributed by atoms with Crippen molar-refractivity contribution in [2.45, 2.75) is 13.8 Å². The quantitative estimate of drug-likeness (QED) is 0.455. The van der Waals surface area contributed by atoms with Gasteiger partial charge in [0, 0.05) is 0 Å². The first kappa shape index (κ1) is 17.9. The van der Waals surface area contributed by atoms with Gasteiger partial charge in [0.2, 0.25) is 5.90 Å². The summed E-state index contributed by atoms with van der Waals surface area (Å²) in [7, 11) is 1.49. The third-order valence-corrected chi connectivity index (χ3v) is 4.38. The molecule has 3 rings (SSSR count). The minimum atomic E-state index is -0.523. The number of benzene rings is 1. The standard InChI is InChI=1S/C19H17NO5S/c1-11(2)18(21)24-15-10-12(6-7-14(15)23-3)9-13-19(22)25-17(20-13)16-5-4-8-26-16/h4-11H,1-3H3/b13-9+. The van der Waals surface area contributed by atoms with Crippen molar-refractivity contribution in [1.29, 1.82) is 0 Å². The van der Waals surface area contributed by atoms with Crippen molar-refractivity contribution in [1.82, 2.24) is 0 Å². The Labute approximate surface area is 154 Å².